The Balaban J connectivity index is 1.71. The number of rotatable bonds is 4. The minimum absolute atomic E-state index is 0.383. The van der Waals surface area contributed by atoms with Gasteiger partial charge in [0.2, 0.25) is 0 Å². The van der Waals surface area contributed by atoms with Gasteiger partial charge in [-0.15, -0.1) is 0 Å². The van der Waals surface area contributed by atoms with Crippen LogP contribution in [0.4, 0.5) is 0 Å². The van der Waals surface area contributed by atoms with Gasteiger partial charge in [0.05, 0.1) is 6.61 Å². The van der Waals surface area contributed by atoms with Crippen molar-refractivity contribution in [2.45, 2.75) is 48.6 Å². The van der Waals surface area contributed by atoms with Crippen molar-refractivity contribution >= 4 is 27.3 Å². The maximum absolute atomic E-state index is 10.5. The number of benzene rings is 2. The first-order valence-electron chi connectivity index (χ1n) is 9.96. The van der Waals surface area contributed by atoms with Crippen LogP contribution in [0, 0.1) is 0 Å². The number of aliphatic hydroxyl groups excluding tert-OH is 4. The van der Waals surface area contributed by atoms with E-state index in [4.69, 9.17) is 16.3 Å². The second kappa shape index (κ2) is 7.73. The molecule has 4 rings (SSSR count). The Labute approximate surface area is 177 Å². The molecule has 152 valence electrons. The largest absolute Gasteiger partial charge is 0.394 e. The zero-order chi connectivity index (χ0) is 20.9. The van der Waals surface area contributed by atoms with E-state index in [1.807, 2.05) is 6.07 Å². The minimum atomic E-state index is -1.41. The number of aliphatic hydroxyl groups is 4. The summed E-state index contributed by atoms with van der Waals surface area (Å²) in [7, 11) is 4.21. The van der Waals surface area contributed by atoms with Crippen molar-refractivity contribution in [1.29, 1.82) is 0 Å². The fraction of sp³-hybridized carbons (Fsp3) is 0.429. The highest BCUT2D eigenvalue weighted by Gasteiger charge is 2.44. The summed E-state index contributed by atoms with van der Waals surface area (Å²) >= 11 is 6.57. The van der Waals surface area contributed by atoms with Crippen LogP contribution >= 0.6 is 11.6 Å². The van der Waals surface area contributed by atoms with Crippen LogP contribution in [0.2, 0.25) is 5.02 Å². The number of hydrogen-bond donors (Lipinski definition) is 4. The highest BCUT2D eigenvalue weighted by atomic mass is 35.5. The molecule has 1 aliphatic carbocycles. The molecule has 0 aromatic heterocycles. The molecule has 1 fully saturated rings. The molecule has 4 N–H and O–H groups in total. The van der Waals surface area contributed by atoms with Crippen molar-refractivity contribution in [2.24, 2.45) is 0 Å². The summed E-state index contributed by atoms with van der Waals surface area (Å²) in [4.78, 5) is 0. The van der Waals surface area contributed by atoms with Gasteiger partial charge in [0, 0.05) is 5.02 Å². The van der Waals surface area contributed by atoms with Crippen molar-refractivity contribution in [3.63, 3.8) is 0 Å². The molecular weight excluding hydrogens is 389 g/mol. The zero-order valence-electron chi connectivity index (χ0n) is 16.5. The van der Waals surface area contributed by atoms with Crippen molar-refractivity contribution in [3.05, 3.63) is 69.2 Å². The number of aryl methyl sites for hydroxylation is 2. The van der Waals surface area contributed by atoms with Crippen molar-refractivity contribution in [2.75, 3.05) is 6.61 Å². The summed E-state index contributed by atoms with van der Waals surface area (Å²) in [5.74, 6) is 0. The topological polar surface area (TPSA) is 90.2 Å². The number of halogens is 1. The molecule has 2 aromatic carbocycles. The van der Waals surface area contributed by atoms with Gasteiger partial charge in [-0.25, -0.2) is 0 Å². The van der Waals surface area contributed by atoms with E-state index in [-0.39, 0.29) is 5.21 Å². The van der Waals surface area contributed by atoms with Gasteiger partial charge >= 0.3 is 0 Å². The van der Waals surface area contributed by atoms with E-state index in [0.29, 0.717) is 10.6 Å². The van der Waals surface area contributed by atoms with E-state index >= 15 is 0 Å². The molecule has 0 bridgehead atoms. The third-order valence-electron chi connectivity index (χ3n) is 6.48. The van der Waals surface area contributed by atoms with Gasteiger partial charge < -0.3 is 25.2 Å². The van der Waals surface area contributed by atoms with Crippen molar-refractivity contribution < 1.29 is 25.2 Å². The van der Waals surface area contributed by atoms with Gasteiger partial charge in [-0.2, -0.15) is 0 Å². The van der Waals surface area contributed by atoms with E-state index in [1.165, 1.54) is 11.1 Å². The second-order valence-electron chi connectivity index (χ2n) is 8.60. The van der Waals surface area contributed by atoms with Gasteiger partial charge in [-0.1, -0.05) is 47.5 Å². The molecule has 0 radical (unpaired) electrons. The lowest BCUT2D eigenvalue weighted by atomic mass is 9.47. The molecule has 0 saturated carbocycles. The predicted octanol–water partition coefficient (Wildman–Crippen LogP) is -0.579. The molecule has 1 heterocycles. The maximum atomic E-state index is 10.5. The number of ether oxygens (including phenoxy) is 1. The van der Waals surface area contributed by atoms with E-state index in [2.05, 4.69) is 33.9 Å². The Morgan fingerprint density at radius 1 is 0.966 bits per heavy atom. The lowest BCUT2D eigenvalue weighted by Crippen LogP contribution is -2.55. The monoisotopic (exact) mass is 414 g/mol. The average molecular weight is 415 g/mol. The first kappa shape index (κ1) is 20.9. The number of fused-ring (bicyclic) bond motifs is 1. The SMILES string of the molecule is BC(B)(c1ccc2c(c1)CC2)c1cc([C@@H]2O[C@H](CO)[C@@H](O)[C@H](O)[C@H]2O)ccc1Cl. The summed E-state index contributed by atoms with van der Waals surface area (Å²) < 4.78 is 5.72. The van der Waals surface area contributed by atoms with Gasteiger partial charge in [-0.05, 0) is 46.4 Å². The van der Waals surface area contributed by atoms with Crippen LogP contribution in [0.25, 0.3) is 0 Å². The first-order valence-corrected chi connectivity index (χ1v) is 10.3. The molecule has 1 saturated heterocycles. The molecule has 0 spiro atoms. The predicted molar refractivity (Wildman–Crippen MR) is 116 cm³/mol. The zero-order valence-corrected chi connectivity index (χ0v) is 17.3. The van der Waals surface area contributed by atoms with E-state index in [0.717, 1.165) is 24.0 Å². The fourth-order valence-electron chi connectivity index (χ4n) is 4.32. The molecular formula is C21H25B2ClO5. The minimum Gasteiger partial charge on any atom is -0.394 e. The molecule has 2 aromatic rings. The van der Waals surface area contributed by atoms with Crippen LogP contribution in [0.3, 0.4) is 0 Å². The van der Waals surface area contributed by atoms with Gasteiger partial charge in [0.15, 0.2) is 0 Å². The summed E-state index contributed by atoms with van der Waals surface area (Å²) in [5, 5.41) is 40.3. The maximum Gasteiger partial charge on any atom is 0.113 e. The number of hydrogen-bond acceptors (Lipinski definition) is 5. The summed E-state index contributed by atoms with van der Waals surface area (Å²) in [6.07, 6.45) is -3.71. The summed E-state index contributed by atoms with van der Waals surface area (Å²) in [5.41, 5.74) is 5.44. The normalized spacial score (nSPS) is 29.2. The van der Waals surface area contributed by atoms with Crippen LogP contribution < -0.4 is 0 Å². The van der Waals surface area contributed by atoms with E-state index in [1.54, 1.807) is 12.1 Å². The summed E-state index contributed by atoms with van der Waals surface area (Å²) in [6.45, 7) is -0.456. The quantitative estimate of drug-likeness (QED) is 0.503. The third kappa shape index (κ3) is 3.54. The molecule has 0 unspecified atom stereocenters. The smallest absolute Gasteiger partial charge is 0.113 e. The van der Waals surface area contributed by atoms with Crippen LogP contribution in [-0.2, 0) is 22.8 Å². The standard InChI is InChI=1S/C21H25B2ClO5/c22-21(23,13-5-3-10-1-2-11(10)7-13)14-8-12(4-6-15(14)24)20-19(28)18(27)17(26)16(9-25)29-20/h3-8,16-20,25-28H,1-2,9,22-23H2/t16-,17-,18+,19-,20+/m1/s1. The highest BCUT2D eigenvalue weighted by Crippen LogP contribution is 2.38. The van der Waals surface area contributed by atoms with Crippen LogP contribution in [0.15, 0.2) is 36.4 Å². The summed E-state index contributed by atoms with van der Waals surface area (Å²) in [6, 6.07) is 11.9. The second-order valence-corrected chi connectivity index (χ2v) is 9.00. The van der Waals surface area contributed by atoms with E-state index < -0.39 is 37.1 Å². The third-order valence-corrected chi connectivity index (χ3v) is 6.81. The Bertz CT molecular complexity index is 920. The van der Waals surface area contributed by atoms with Crippen molar-refractivity contribution in [3.8, 4) is 0 Å². The Morgan fingerprint density at radius 2 is 1.69 bits per heavy atom. The van der Waals surface area contributed by atoms with E-state index in [9.17, 15) is 20.4 Å². The highest BCUT2D eigenvalue weighted by molar-refractivity contribution is 6.44. The van der Waals surface area contributed by atoms with Crippen LogP contribution in [-0.4, -0.2) is 67.1 Å². The fourth-order valence-corrected chi connectivity index (χ4v) is 4.67. The lowest BCUT2D eigenvalue weighted by molar-refractivity contribution is -0.231. The van der Waals surface area contributed by atoms with Crippen LogP contribution in [0.5, 0.6) is 0 Å². The van der Waals surface area contributed by atoms with Crippen LogP contribution in [0.1, 0.15) is 33.9 Å². The van der Waals surface area contributed by atoms with Gasteiger partial charge in [0.25, 0.3) is 0 Å². The molecule has 2 aliphatic rings. The molecule has 8 heteroatoms. The Kier molecular flexibility index (Phi) is 5.57. The molecule has 0 amide bonds. The first-order chi connectivity index (χ1) is 13.7. The van der Waals surface area contributed by atoms with Crippen molar-refractivity contribution in [1.82, 2.24) is 0 Å². The van der Waals surface area contributed by atoms with Gasteiger partial charge in [-0.3, -0.25) is 0 Å². The molecule has 29 heavy (non-hydrogen) atoms. The molecule has 5 atom stereocenters. The Morgan fingerprint density at radius 3 is 2.31 bits per heavy atom. The molecule has 5 nitrogen and oxygen atoms in total. The average Bonchev–Trinajstić information content (AvgIpc) is 2.68. The Hall–Kier alpha value is -1.34. The molecule has 1 aliphatic heterocycles. The lowest BCUT2D eigenvalue weighted by Gasteiger charge is -2.40. The van der Waals surface area contributed by atoms with Gasteiger partial charge in [0.1, 0.15) is 46.2 Å².